The fourth-order valence-electron chi connectivity index (χ4n) is 2.60. The SMILES string of the molecule is COC(=O)CC(NC(=O)c1ccc(-n2cncn2)cc1)c1ccccc1Cl. The molecule has 3 aromatic rings. The average molecular weight is 385 g/mol. The van der Waals surface area contributed by atoms with Crippen LogP contribution in [0.4, 0.5) is 0 Å². The Kier molecular flexibility index (Phi) is 5.83. The Morgan fingerprint density at radius 3 is 2.56 bits per heavy atom. The Labute approximate surface area is 160 Å². The van der Waals surface area contributed by atoms with Gasteiger partial charge in [-0.3, -0.25) is 9.59 Å². The van der Waals surface area contributed by atoms with Gasteiger partial charge in [0.1, 0.15) is 12.7 Å². The Morgan fingerprint density at radius 1 is 1.19 bits per heavy atom. The first kappa shape index (κ1) is 18.6. The second-order valence-electron chi connectivity index (χ2n) is 5.71. The van der Waals surface area contributed by atoms with E-state index in [9.17, 15) is 9.59 Å². The summed E-state index contributed by atoms with van der Waals surface area (Å²) in [6, 6.07) is 13.3. The molecule has 0 radical (unpaired) electrons. The van der Waals surface area contributed by atoms with Crippen molar-refractivity contribution in [1.29, 1.82) is 0 Å². The third kappa shape index (κ3) is 4.51. The minimum Gasteiger partial charge on any atom is -0.469 e. The topological polar surface area (TPSA) is 86.1 Å². The van der Waals surface area contributed by atoms with Crippen LogP contribution in [0.25, 0.3) is 5.69 Å². The van der Waals surface area contributed by atoms with Crippen LogP contribution in [-0.4, -0.2) is 33.8 Å². The second-order valence-corrected chi connectivity index (χ2v) is 6.12. The summed E-state index contributed by atoms with van der Waals surface area (Å²) in [5.74, 6) is -0.768. The zero-order valence-corrected chi connectivity index (χ0v) is 15.3. The highest BCUT2D eigenvalue weighted by Gasteiger charge is 2.21. The molecule has 2 aromatic carbocycles. The van der Waals surface area contributed by atoms with Crippen LogP contribution in [-0.2, 0) is 9.53 Å². The highest BCUT2D eigenvalue weighted by Crippen LogP contribution is 2.26. The van der Waals surface area contributed by atoms with Crippen molar-refractivity contribution in [3.05, 3.63) is 77.3 Å². The molecule has 1 aromatic heterocycles. The molecule has 7 nitrogen and oxygen atoms in total. The van der Waals surface area contributed by atoms with Crippen LogP contribution >= 0.6 is 11.6 Å². The molecule has 27 heavy (non-hydrogen) atoms. The molecule has 1 N–H and O–H groups in total. The van der Waals surface area contributed by atoms with Crippen LogP contribution in [0.2, 0.25) is 5.02 Å². The molecule has 138 valence electrons. The predicted molar refractivity (Wildman–Crippen MR) is 99.7 cm³/mol. The summed E-state index contributed by atoms with van der Waals surface area (Å²) in [6.07, 6.45) is 2.98. The van der Waals surface area contributed by atoms with Gasteiger partial charge in [-0.1, -0.05) is 29.8 Å². The lowest BCUT2D eigenvalue weighted by Crippen LogP contribution is -2.30. The van der Waals surface area contributed by atoms with Gasteiger partial charge >= 0.3 is 5.97 Å². The summed E-state index contributed by atoms with van der Waals surface area (Å²) in [5, 5.41) is 7.36. The summed E-state index contributed by atoms with van der Waals surface area (Å²) >= 11 is 6.23. The first-order valence-electron chi connectivity index (χ1n) is 8.15. The molecule has 3 rings (SSSR count). The molecule has 0 aliphatic rings. The lowest BCUT2D eigenvalue weighted by Gasteiger charge is -2.19. The third-order valence-corrected chi connectivity index (χ3v) is 4.34. The predicted octanol–water partition coefficient (Wildman–Crippen LogP) is 2.95. The number of nitrogens with one attached hydrogen (secondary N) is 1. The summed E-state index contributed by atoms with van der Waals surface area (Å²) in [5.41, 5.74) is 1.87. The van der Waals surface area contributed by atoms with Crippen molar-refractivity contribution in [2.45, 2.75) is 12.5 Å². The zero-order chi connectivity index (χ0) is 19.2. The first-order valence-corrected chi connectivity index (χ1v) is 8.53. The molecule has 0 aliphatic carbocycles. The van der Waals surface area contributed by atoms with Crippen molar-refractivity contribution in [3.8, 4) is 5.69 Å². The Bertz CT molecular complexity index is 926. The maximum Gasteiger partial charge on any atom is 0.307 e. The van der Waals surface area contributed by atoms with Crippen LogP contribution in [0.15, 0.2) is 61.2 Å². The zero-order valence-electron chi connectivity index (χ0n) is 14.5. The Morgan fingerprint density at radius 2 is 1.93 bits per heavy atom. The molecular weight excluding hydrogens is 368 g/mol. The van der Waals surface area contributed by atoms with E-state index in [0.717, 1.165) is 5.69 Å². The number of ether oxygens (including phenoxy) is 1. The Hall–Kier alpha value is -3.19. The summed E-state index contributed by atoms with van der Waals surface area (Å²) < 4.78 is 6.33. The van der Waals surface area contributed by atoms with Gasteiger partial charge in [0.15, 0.2) is 0 Å². The number of benzene rings is 2. The van der Waals surface area contributed by atoms with E-state index in [-0.39, 0.29) is 12.3 Å². The van der Waals surface area contributed by atoms with Crippen LogP contribution in [0.1, 0.15) is 28.4 Å². The van der Waals surface area contributed by atoms with Crippen molar-refractivity contribution in [3.63, 3.8) is 0 Å². The molecule has 0 bridgehead atoms. The normalized spacial score (nSPS) is 11.6. The van der Waals surface area contributed by atoms with E-state index in [4.69, 9.17) is 16.3 Å². The third-order valence-electron chi connectivity index (χ3n) is 4.00. The average Bonchev–Trinajstić information content (AvgIpc) is 3.22. The van der Waals surface area contributed by atoms with E-state index in [1.807, 2.05) is 0 Å². The van der Waals surface area contributed by atoms with Crippen molar-refractivity contribution in [2.75, 3.05) is 7.11 Å². The van der Waals surface area contributed by atoms with Gasteiger partial charge < -0.3 is 10.1 Å². The van der Waals surface area contributed by atoms with E-state index in [1.165, 1.54) is 13.4 Å². The summed E-state index contributed by atoms with van der Waals surface area (Å²) in [4.78, 5) is 28.3. The van der Waals surface area contributed by atoms with Crippen LogP contribution in [0.3, 0.4) is 0 Å². The molecule has 1 amide bonds. The second kappa shape index (κ2) is 8.46. The molecule has 0 saturated heterocycles. The lowest BCUT2D eigenvalue weighted by molar-refractivity contribution is -0.141. The standard InChI is InChI=1S/C19H17ClN4O3/c1-27-18(25)10-17(15-4-2-3-5-16(15)20)23-19(26)13-6-8-14(9-7-13)24-12-21-11-22-24/h2-9,11-12,17H,10H2,1H3,(H,23,26). The van der Waals surface area contributed by atoms with E-state index in [2.05, 4.69) is 15.4 Å². The van der Waals surface area contributed by atoms with Crippen molar-refractivity contribution in [1.82, 2.24) is 20.1 Å². The number of hydrogen-bond donors (Lipinski definition) is 1. The molecule has 8 heteroatoms. The lowest BCUT2D eigenvalue weighted by atomic mass is 10.0. The van der Waals surface area contributed by atoms with E-state index >= 15 is 0 Å². The monoisotopic (exact) mass is 384 g/mol. The van der Waals surface area contributed by atoms with E-state index in [0.29, 0.717) is 16.1 Å². The quantitative estimate of drug-likeness (QED) is 0.660. The minimum absolute atomic E-state index is 0.0248. The van der Waals surface area contributed by atoms with Gasteiger partial charge in [-0.25, -0.2) is 9.67 Å². The Balaban J connectivity index is 1.79. The fraction of sp³-hybridized carbons (Fsp3) is 0.158. The number of halogens is 1. The van der Waals surface area contributed by atoms with Gasteiger partial charge in [-0.15, -0.1) is 0 Å². The van der Waals surface area contributed by atoms with E-state index < -0.39 is 12.0 Å². The van der Waals surface area contributed by atoms with Crippen molar-refractivity contribution in [2.24, 2.45) is 0 Å². The van der Waals surface area contributed by atoms with E-state index in [1.54, 1.807) is 59.5 Å². The van der Waals surface area contributed by atoms with Gasteiger partial charge in [0.25, 0.3) is 5.91 Å². The first-order chi connectivity index (χ1) is 13.1. The molecule has 0 aliphatic heterocycles. The number of nitrogens with zero attached hydrogens (tertiary/aromatic N) is 3. The minimum atomic E-state index is -0.603. The van der Waals surface area contributed by atoms with Gasteiger partial charge in [-0.05, 0) is 35.9 Å². The maximum atomic E-state index is 12.7. The highest BCUT2D eigenvalue weighted by molar-refractivity contribution is 6.31. The molecule has 1 heterocycles. The maximum absolute atomic E-state index is 12.7. The van der Waals surface area contributed by atoms with Crippen LogP contribution < -0.4 is 5.32 Å². The number of methoxy groups -OCH3 is 1. The van der Waals surface area contributed by atoms with Gasteiger partial charge in [-0.2, -0.15) is 5.10 Å². The number of aromatic nitrogens is 3. The number of amides is 1. The van der Waals surface area contributed by atoms with Crippen LogP contribution in [0.5, 0.6) is 0 Å². The largest absolute Gasteiger partial charge is 0.469 e. The molecule has 0 fully saturated rings. The molecular formula is C19H17ClN4O3. The molecule has 1 atom stereocenters. The number of rotatable bonds is 6. The molecule has 0 spiro atoms. The van der Waals surface area contributed by atoms with Crippen LogP contribution in [0, 0.1) is 0 Å². The molecule has 0 saturated carbocycles. The van der Waals surface area contributed by atoms with Gasteiger partial charge in [0.05, 0.1) is 25.3 Å². The van der Waals surface area contributed by atoms with Gasteiger partial charge in [0, 0.05) is 10.6 Å². The molecule has 1 unspecified atom stereocenters. The number of hydrogen-bond acceptors (Lipinski definition) is 5. The number of carbonyl (C=O) groups is 2. The van der Waals surface area contributed by atoms with Gasteiger partial charge in [0.2, 0.25) is 0 Å². The fourth-order valence-corrected chi connectivity index (χ4v) is 2.86. The number of carbonyl (C=O) groups excluding carboxylic acids is 2. The highest BCUT2D eigenvalue weighted by atomic mass is 35.5. The summed E-state index contributed by atoms with van der Waals surface area (Å²) in [6.45, 7) is 0. The van der Waals surface area contributed by atoms with Crippen molar-refractivity contribution < 1.29 is 14.3 Å². The summed E-state index contributed by atoms with van der Waals surface area (Å²) in [7, 11) is 1.30. The van der Waals surface area contributed by atoms with Crippen molar-refractivity contribution >= 4 is 23.5 Å². The smallest absolute Gasteiger partial charge is 0.307 e. The number of esters is 1.